The number of anilines is 1. The van der Waals surface area contributed by atoms with Gasteiger partial charge in [0.15, 0.2) is 11.6 Å². The van der Waals surface area contributed by atoms with Gasteiger partial charge < -0.3 is 10.1 Å². The number of halogens is 4. The van der Waals surface area contributed by atoms with Crippen molar-refractivity contribution in [1.29, 1.82) is 0 Å². The Bertz CT molecular complexity index is 463. The fourth-order valence-corrected chi connectivity index (χ4v) is 1.08. The summed E-state index contributed by atoms with van der Waals surface area (Å²) in [6.45, 7) is -0.607. The molecule has 0 fully saturated rings. The Kier molecular flexibility index (Phi) is 3.61. The molecule has 0 unspecified atom stereocenters. The third kappa shape index (κ3) is 2.17. The van der Waals surface area contributed by atoms with Crippen LogP contribution < -0.4 is 5.32 Å². The maximum absolute atomic E-state index is 13.1. The van der Waals surface area contributed by atoms with Crippen LogP contribution in [-0.2, 0) is 4.79 Å². The van der Waals surface area contributed by atoms with Crippen molar-refractivity contribution >= 4 is 17.7 Å². The third-order valence-corrected chi connectivity index (χ3v) is 1.78. The minimum Gasteiger partial charge on any atom is -0.373 e. The van der Waals surface area contributed by atoms with Crippen LogP contribution in [0.3, 0.4) is 0 Å². The summed E-state index contributed by atoms with van der Waals surface area (Å²) in [4.78, 5) is 18.5. The largest absolute Gasteiger partial charge is 0.373 e. The first-order valence-corrected chi connectivity index (χ1v) is 4.09. The molecule has 0 atom stereocenters. The highest BCUT2D eigenvalue weighted by Crippen LogP contribution is 2.32. The molecule has 0 radical (unpaired) electrons. The Balaban J connectivity index is 3.46. The SMILES string of the molecule is O=CCNc1c(F)c(F)c([N+](=O)[O-])c(F)c1F. The summed E-state index contributed by atoms with van der Waals surface area (Å²) < 4.78 is 52.3. The molecule has 0 aliphatic heterocycles. The molecule has 9 heteroatoms. The molecule has 0 aliphatic carbocycles. The van der Waals surface area contributed by atoms with E-state index in [1.807, 2.05) is 0 Å². The second-order valence-corrected chi connectivity index (χ2v) is 2.78. The Labute approximate surface area is 91.2 Å². The van der Waals surface area contributed by atoms with Crippen molar-refractivity contribution in [2.75, 3.05) is 11.9 Å². The van der Waals surface area contributed by atoms with Gasteiger partial charge in [-0.1, -0.05) is 0 Å². The van der Waals surface area contributed by atoms with E-state index in [1.165, 1.54) is 0 Å². The molecule has 1 rings (SSSR count). The summed E-state index contributed by atoms with van der Waals surface area (Å²) in [7, 11) is 0. The van der Waals surface area contributed by atoms with Crippen molar-refractivity contribution in [3.05, 3.63) is 33.4 Å². The predicted molar refractivity (Wildman–Crippen MR) is 47.5 cm³/mol. The van der Waals surface area contributed by atoms with Crippen LogP contribution in [0, 0.1) is 33.4 Å². The number of aldehydes is 1. The van der Waals surface area contributed by atoms with Crippen LogP contribution >= 0.6 is 0 Å². The van der Waals surface area contributed by atoms with Crippen molar-refractivity contribution in [3.8, 4) is 0 Å². The average molecular weight is 252 g/mol. The zero-order valence-corrected chi connectivity index (χ0v) is 7.97. The van der Waals surface area contributed by atoms with Gasteiger partial charge in [0.25, 0.3) is 0 Å². The van der Waals surface area contributed by atoms with Crippen LogP contribution in [0.25, 0.3) is 0 Å². The molecule has 0 bridgehead atoms. The monoisotopic (exact) mass is 252 g/mol. The number of carbonyl (C=O) groups excluding carboxylic acids is 1. The van der Waals surface area contributed by atoms with Crippen LogP contribution in [0.1, 0.15) is 0 Å². The highest BCUT2D eigenvalue weighted by Gasteiger charge is 2.32. The number of hydrogen-bond acceptors (Lipinski definition) is 4. The Morgan fingerprint density at radius 1 is 1.12 bits per heavy atom. The van der Waals surface area contributed by atoms with Crippen LogP contribution in [-0.4, -0.2) is 17.8 Å². The van der Waals surface area contributed by atoms with Gasteiger partial charge in [-0.3, -0.25) is 10.1 Å². The van der Waals surface area contributed by atoms with E-state index in [4.69, 9.17) is 0 Å². The van der Waals surface area contributed by atoms with Crippen molar-refractivity contribution < 1.29 is 27.3 Å². The minimum absolute atomic E-state index is 0.191. The van der Waals surface area contributed by atoms with Crippen LogP contribution in [0.2, 0.25) is 0 Å². The van der Waals surface area contributed by atoms with E-state index in [0.717, 1.165) is 0 Å². The van der Waals surface area contributed by atoms with Crippen molar-refractivity contribution in [1.82, 2.24) is 0 Å². The van der Waals surface area contributed by atoms with Crippen molar-refractivity contribution in [2.45, 2.75) is 0 Å². The van der Waals surface area contributed by atoms with Gasteiger partial charge in [-0.25, -0.2) is 8.78 Å². The normalized spacial score (nSPS) is 10.1. The molecular formula is C8H4F4N2O3. The summed E-state index contributed by atoms with van der Waals surface area (Å²) in [6, 6.07) is 0. The van der Waals surface area contributed by atoms with E-state index in [9.17, 15) is 32.5 Å². The summed E-state index contributed by atoms with van der Waals surface area (Å²) in [5.74, 6) is -8.19. The zero-order chi connectivity index (χ0) is 13.2. The first-order chi connectivity index (χ1) is 7.91. The summed E-state index contributed by atoms with van der Waals surface area (Å²) >= 11 is 0. The molecule has 0 spiro atoms. The first kappa shape index (κ1) is 12.9. The summed E-state index contributed by atoms with van der Waals surface area (Å²) in [5, 5.41) is 11.9. The van der Waals surface area contributed by atoms with Crippen LogP contribution in [0.4, 0.5) is 28.9 Å². The van der Waals surface area contributed by atoms with E-state index in [2.05, 4.69) is 0 Å². The van der Waals surface area contributed by atoms with Gasteiger partial charge in [0, 0.05) is 0 Å². The minimum atomic E-state index is -2.14. The van der Waals surface area contributed by atoms with Gasteiger partial charge in [-0.15, -0.1) is 0 Å². The van der Waals surface area contributed by atoms with Crippen LogP contribution in [0.15, 0.2) is 0 Å². The van der Waals surface area contributed by atoms with E-state index < -0.39 is 46.1 Å². The lowest BCUT2D eigenvalue weighted by Crippen LogP contribution is -2.11. The molecule has 1 aromatic rings. The second kappa shape index (κ2) is 4.76. The molecular weight excluding hydrogens is 248 g/mol. The molecule has 1 aromatic carbocycles. The zero-order valence-electron chi connectivity index (χ0n) is 7.97. The second-order valence-electron chi connectivity index (χ2n) is 2.78. The Morgan fingerprint density at radius 2 is 1.59 bits per heavy atom. The van der Waals surface area contributed by atoms with Gasteiger partial charge in [0.1, 0.15) is 12.0 Å². The van der Waals surface area contributed by atoms with E-state index in [0.29, 0.717) is 0 Å². The molecule has 17 heavy (non-hydrogen) atoms. The van der Waals surface area contributed by atoms with Crippen molar-refractivity contribution in [3.63, 3.8) is 0 Å². The number of nitro benzene ring substituents is 1. The smallest absolute Gasteiger partial charge is 0.346 e. The first-order valence-electron chi connectivity index (χ1n) is 4.09. The van der Waals surface area contributed by atoms with Gasteiger partial charge >= 0.3 is 5.69 Å². The number of carbonyl (C=O) groups is 1. The van der Waals surface area contributed by atoms with Crippen LogP contribution in [0.5, 0.6) is 0 Å². The Hall–Kier alpha value is -2.19. The molecule has 0 aliphatic rings. The lowest BCUT2D eigenvalue weighted by atomic mass is 10.2. The molecule has 0 saturated carbocycles. The van der Waals surface area contributed by atoms with Gasteiger partial charge in [0.2, 0.25) is 11.6 Å². The molecule has 0 heterocycles. The molecule has 1 N–H and O–H groups in total. The number of nitro groups is 1. The van der Waals surface area contributed by atoms with Gasteiger partial charge in [0.05, 0.1) is 11.5 Å². The third-order valence-electron chi connectivity index (χ3n) is 1.78. The highest BCUT2D eigenvalue weighted by molar-refractivity contribution is 5.61. The number of rotatable bonds is 4. The molecule has 0 amide bonds. The van der Waals surface area contributed by atoms with E-state index in [1.54, 1.807) is 5.32 Å². The van der Waals surface area contributed by atoms with E-state index in [-0.39, 0.29) is 6.29 Å². The maximum atomic E-state index is 13.1. The fourth-order valence-electron chi connectivity index (χ4n) is 1.08. The van der Waals surface area contributed by atoms with Crippen molar-refractivity contribution in [2.24, 2.45) is 0 Å². The van der Waals surface area contributed by atoms with Gasteiger partial charge in [-0.05, 0) is 0 Å². The maximum Gasteiger partial charge on any atom is 0.346 e. The number of benzene rings is 1. The average Bonchev–Trinajstić information content (AvgIpc) is 2.26. The van der Waals surface area contributed by atoms with E-state index >= 15 is 0 Å². The predicted octanol–water partition coefficient (Wildman–Crippen LogP) is 1.76. The number of hydrogen-bond donors (Lipinski definition) is 1. The summed E-state index contributed by atoms with van der Waals surface area (Å²) in [5.41, 5.74) is -3.19. The lowest BCUT2D eigenvalue weighted by Gasteiger charge is -2.07. The quantitative estimate of drug-likeness (QED) is 0.291. The molecule has 5 nitrogen and oxygen atoms in total. The lowest BCUT2D eigenvalue weighted by molar-refractivity contribution is -0.390. The van der Waals surface area contributed by atoms with Gasteiger partial charge in [-0.2, -0.15) is 8.78 Å². The molecule has 0 aromatic heterocycles. The molecule has 0 saturated heterocycles. The summed E-state index contributed by atoms with van der Waals surface area (Å²) in [6.07, 6.45) is 0.191. The fraction of sp³-hybridized carbons (Fsp3) is 0.125. The number of nitrogens with zero attached hydrogens (tertiary/aromatic N) is 1. The highest BCUT2D eigenvalue weighted by atomic mass is 19.2. The number of nitrogens with one attached hydrogen (secondary N) is 1. The topological polar surface area (TPSA) is 72.2 Å². The molecule has 92 valence electrons. The Morgan fingerprint density at radius 3 is 1.94 bits per heavy atom. The standard InChI is InChI=1S/C8H4F4N2O3/c9-3-5(11)8(14(16)17)6(12)4(10)7(3)13-1-2-15/h2,13H,1H2.